The van der Waals surface area contributed by atoms with Crippen molar-refractivity contribution >= 4 is 5.91 Å². The summed E-state index contributed by atoms with van der Waals surface area (Å²) in [6.07, 6.45) is 4.54. The fourth-order valence-electron chi connectivity index (χ4n) is 3.52. The van der Waals surface area contributed by atoms with Crippen LogP contribution in [0.4, 0.5) is 0 Å². The number of nitrogens with zero attached hydrogens (tertiary/aromatic N) is 2. The molecule has 4 heteroatoms. The normalized spacial score (nSPS) is 26.2. The molecule has 2 aliphatic rings. The second kappa shape index (κ2) is 7.41. The molecule has 0 N–H and O–H groups in total. The minimum atomic E-state index is 0.231. The fraction of sp³-hybridized carbons (Fsp3) is 0.938. The number of ether oxygens (including phenoxy) is 1. The zero-order valence-electron chi connectivity index (χ0n) is 13.3. The van der Waals surface area contributed by atoms with E-state index >= 15 is 0 Å². The lowest BCUT2D eigenvalue weighted by molar-refractivity contribution is -0.137. The summed E-state index contributed by atoms with van der Waals surface area (Å²) in [6.45, 7) is 11.2. The molecule has 20 heavy (non-hydrogen) atoms. The van der Waals surface area contributed by atoms with Gasteiger partial charge in [-0.15, -0.1) is 0 Å². The van der Waals surface area contributed by atoms with E-state index in [1.54, 1.807) is 0 Å². The molecule has 2 heterocycles. The Bertz CT molecular complexity index is 310. The molecule has 2 aliphatic heterocycles. The monoisotopic (exact) mass is 282 g/mol. The molecule has 0 unspecified atom stereocenters. The Morgan fingerprint density at radius 2 is 1.85 bits per heavy atom. The van der Waals surface area contributed by atoms with Crippen LogP contribution in [0, 0.1) is 5.92 Å². The average Bonchev–Trinajstić information content (AvgIpc) is 2.48. The van der Waals surface area contributed by atoms with Crippen LogP contribution in [-0.2, 0) is 9.53 Å². The summed E-state index contributed by atoms with van der Waals surface area (Å²) >= 11 is 0. The second-order valence-electron chi connectivity index (χ2n) is 6.25. The lowest BCUT2D eigenvalue weighted by atomic mass is 9.97. The van der Waals surface area contributed by atoms with Crippen LogP contribution in [0.5, 0.6) is 0 Å². The van der Waals surface area contributed by atoms with Crippen LogP contribution >= 0.6 is 0 Å². The zero-order valence-corrected chi connectivity index (χ0v) is 13.3. The van der Waals surface area contributed by atoms with Crippen molar-refractivity contribution in [2.75, 3.05) is 32.8 Å². The molecule has 0 aromatic rings. The highest BCUT2D eigenvalue weighted by atomic mass is 16.5. The van der Waals surface area contributed by atoms with Gasteiger partial charge in [0.1, 0.15) is 0 Å². The molecule has 0 aromatic heterocycles. The summed E-state index contributed by atoms with van der Waals surface area (Å²) in [4.78, 5) is 17.0. The van der Waals surface area contributed by atoms with Crippen molar-refractivity contribution in [3.05, 3.63) is 0 Å². The first-order valence-electron chi connectivity index (χ1n) is 8.30. The van der Waals surface area contributed by atoms with Crippen molar-refractivity contribution in [2.45, 2.75) is 58.6 Å². The van der Waals surface area contributed by atoms with Gasteiger partial charge in [-0.05, 0) is 32.6 Å². The smallest absolute Gasteiger partial charge is 0.225 e. The zero-order chi connectivity index (χ0) is 14.5. The number of piperidine rings is 1. The molecule has 1 amide bonds. The van der Waals surface area contributed by atoms with E-state index < -0.39 is 0 Å². The number of morpholine rings is 1. The molecule has 1 atom stereocenters. The molecule has 0 spiro atoms. The first-order chi connectivity index (χ1) is 9.65. The molecule has 2 saturated heterocycles. The molecule has 0 saturated carbocycles. The Morgan fingerprint density at radius 3 is 2.40 bits per heavy atom. The van der Waals surface area contributed by atoms with Crippen LogP contribution < -0.4 is 0 Å². The highest BCUT2D eigenvalue weighted by Crippen LogP contribution is 2.22. The minimum Gasteiger partial charge on any atom is -0.376 e. The molecule has 2 rings (SSSR count). The minimum absolute atomic E-state index is 0.231. The number of likely N-dealkylation sites (tertiary alicyclic amines) is 1. The number of carbonyl (C=O) groups is 1. The maximum absolute atomic E-state index is 12.4. The molecule has 0 radical (unpaired) electrons. The van der Waals surface area contributed by atoms with Gasteiger partial charge in [0.2, 0.25) is 5.91 Å². The van der Waals surface area contributed by atoms with Crippen molar-refractivity contribution in [3.8, 4) is 0 Å². The lowest BCUT2D eigenvalue weighted by Crippen LogP contribution is -2.52. The van der Waals surface area contributed by atoms with E-state index in [1.807, 2.05) is 0 Å². The molecular weight excluding hydrogens is 252 g/mol. The first-order valence-corrected chi connectivity index (χ1v) is 8.30. The summed E-state index contributed by atoms with van der Waals surface area (Å²) in [5, 5.41) is 0. The predicted octanol–water partition coefficient (Wildman–Crippen LogP) is 2.13. The molecule has 0 aliphatic carbocycles. The number of hydrogen-bond donors (Lipinski definition) is 0. The van der Waals surface area contributed by atoms with E-state index in [9.17, 15) is 4.79 Å². The standard InChI is InChI=1S/C16H30N2O2/c1-4-14(5-2)16(19)17-8-6-15(7-9-17)18-10-11-20-13(3)12-18/h13-15H,4-12H2,1-3H3/t13-/m1/s1. The first kappa shape index (κ1) is 15.8. The Morgan fingerprint density at radius 1 is 1.20 bits per heavy atom. The maximum atomic E-state index is 12.4. The van der Waals surface area contributed by atoms with Crippen LogP contribution in [0.15, 0.2) is 0 Å². The van der Waals surface area contributed by atoms with Gasteiger partial charge in [-0.25, -0.2) is 0 Å². The Hall–Kier alpha value is -0.610. The second-order valence-corrected chi connectivity index (χ2v) is 6.25. The SMILES string of the molecule is CCC(CC)C(=O)N1CCC(N2CCO[C@H](C)C2)CC1. The van der Waals surface area contributed by atoms with Crippen molar-refractivity contribution in [1.82, 2.24) is 9.80 Å². The third-order valence-corrected chi connectivity index (χ3v) is 4.90. The van der Waals surface area contributed by atoms with E-state index in [4.69, 9.17) is 4.74 Å². The van der Waals surface area contributed by atoms with Crippen molar-refractivity contribution in [2.24, 2.45) is 5.92 Å². The predicted molar refractivity (Wildman–Crippen MR) is 80.7 cm³/mol. The fourth-order valence-corrected chi connectivity index (χ4v) is 3.52. The van der Waals surface area contributed by atoms with Gasteiger partial charge in [-0.1, -0.05) is 13.8 Å². The molecular formula is C16H30N2O2. The number of hydrogen-bond acceptors (Lipinski definition) is 3. The van der Waals surface area contributed by atoms with Gasteiger partial charge in [-0.3, -0.25) is 9.69 Å². The summed E-state index contributed by atoms with van der Waals surface area (Å²) in [7, 11) is 0. The van der Waals surface area contributed by atoms with Gasteiger partial charge in [0.05, 0.1) is 12.7 Å². The van der Waals surface area contributed by atoms with E-state index in [-0.39, 0.29) is 5.92 Å². The average molecular weight is 282 g/mol. The highest BCUT2D eigenvalue weighted by molar-refractivity contribution is 5.78. The summed E-state index contributed by atoms with van der Waals surface area (Å²) in [5.41, 5.74) is 0. The van der Waals surface area contributed by atoms with Crippen LogP contribution in [-0.4, -0.2) is 60.6 Å². The molecule has 2 fully saturated rings. The van der Waals surface area contributed by atoms with Crippen LogP contribution in [0.2, 0.25) is 0 Å². The Labute approximate surface area is 123 Å². The largest absolute Gasteiger partial charge is 0.376 e. The van der Waals surface area contributed by atoms with E-state index in [2.05, 4.69) is 30.6 Å². The molecule has 116 valence electrons. The Kier molecular flexibility index (Phi) is 5.85. The van der Waals surface area contributed by atoms with E-state index in [0.29, 0.717) is 18.1 Å². The topological polar surface area (TPSA) is 32.8 Å². The van der Waals surface area contributed by atoms with Gasteiger partial charge in [0.25, 0.3) is 0 Å². The van der Waals surface area contributed by atoms with Gasteiger partial charge in [0.15, 0.2) is 0 Å². The highest BCUT2D eigenvalue weighted by Gasteiger charge is 2.30. The number of carbonyl (C=O) groups excluding carboxylic acids is 1. The third kappa shape index (κ3) is 3.73. The lowest BCUT2D eigenvalue weighted by Gasteiger charge is -2.42. The van der Waals surface area contributed by atoms with Crippen molar-refractivity contribution in [3.63, 3.8) is 0 Å². The maximum Gasteiger partial charge on any atom is 0.225 e. The molecule has 0 bridgehead atoms. The summed E-state index contributed by atoms with van der Waals surface area (Å²) in [6, 6.07) is 0.645. The van der Waals surface area contributed by atoms with E-state index in [1.165, 1.54) is 0 Å². The van der Waals surface area contributed by atoms with Crippen LogP contribution in [0.3, 0.4) is 0 Å². The third-order valence-electron chi connectivity index (χ3n) is 4.90. The summed E-state index contributed by atoms with van der Waals surface area (Å²) in [5.74, 6) is 0.610. The molecule has 0 aromatic carbocycles. The van der Waals surface area contributed by atoms with Gasteiger partial charge in [0, 0.05) is 38.1 Å². The number of amides is 1. The quantitative estimate of drug-likeness (QED) is 0.792. The van der Waals surface area contributed by atoms with Crippen molar-refractivity contribution in [1.29, 1.82) is 0 Å². The van der Waals surface area contributed by atoms with Gasteiger partial charge >= 0.3 is 0 Å². The van der Waals surface area contributed by atoms with Crippen molar-refractivity contribution < 1.29 is 9.53 Å². The van der Waals surface area contributed by atoms with Crippen LogP contribution in [0.1, 0.15) is 46.5 Å². The van der Waals surface area contributed by atoms with E-state index in [0.717, 1.165) is 58.5 Å². The molecule has 4 nitrogen and oxygen atoms in total. The van der Waals surface area contributed by atoms with Crippen LogP contribution in [0.25, 0.3) is 0 Å². The number of rotatable bonds is 4. The Balaban J connectivity index is 1.81. The van der Waals surface area contributed by atoms with Gasteiger partial charge < -0.3 is 9.64 Å². The van der Waals surface area contributed by atoms with Gasteiger partial charge in [-0.2, -0.15) is 0 Å². The summed E-state index contributed by atoms with van der Waals surface area (Å²) < 4.78 is 5.61.